The lowest BCUT2D eigenvalue weighted by Crippen LogP contribution is -2.43. The van der Waals surface area contributed by atoms with Gasteiger partial charge in [0.05, 0.1) is 12.3 Å². The van der Waals surface area contributed by atoms with Gasteiger partial charge in [0.15, 0.2) is 0 Å². The van der Waals surface area contributed by atoms with Crippen LogP contribution in [0, 0.1) is 6.92 Å². The summed E-state index contributed by atoms with van der Waals surface area (Å²) in [6.07, 6.45) is 0.552. The van der Waals surface area contributed by atoms with Gasteiger partial charge in [0.2, 0.25) is 5.91 Å². The number of hydrogen-bond acceptors (Lipinski definition) is 4. The van der Waals surface area contributed by atoms with E-state index in [1.165, 1.54) is 5.01 Å². The maximum atomic E-state index is 12.2. The number of nitrogens with zero attached hydrogens (tertiary/aromatic N) is 2. The first-order valence-electron chi connectivity index (χ1n) is 7.38. The highest BCUT2D eigenvalue weighted by molar-refractivity contribution is 6.40. The van der Waals surface area contributed by atoms with Crippen molar-refractivity contribution >= 4 is 34.8 Å². The molecule has 124 valence electrons. The number of anilines is 1. The van der Waals surface area contributed by atoms with E-state index in [0.29, 0.717) is 29.4 Å². The molecule has 1 aliphatic rings. The maximum Gasteiger partial charge on any atom is 0.267 e. The number of ether oxygens (including phenoxy) is 1. The van der Waals surface area contributed by atoms with Crippen molar-refractivity contribution in [3.05, 3.63) is 28.8 Å². The zero-order valence-corrected chi connectivity index (χ0v) is 14.2. The van der Waals surface area contributed by atoms with Gasteiger partial charge in [0.1, 0.15) is 5.71 Å². The molecule has 0 aliphatic carbocycles. The Balaban J connectivity index is 2.20. The molecule has 0 bridgehead atoms. The van der Waals surface area contributed by atoms with Gasteiger partial charge in [-0.3, -0.25) is 9.59 Å². The molecule has 2 rings (SSSR count). The van der Waals surface area contributed by atoms with Crippen LogP contribution in [0.25, 0.3) is 0 Å². The molecule has 1 aliphatic heterocycles. The Morgan fingerprint density at radius 1 is 1.48 bits per heavy atom. The number of carbonyl (C=O) groups excluding carboxylic acids is 2. The highest BCUT2D eigenvalue weighted by atomic mass is 35.5. The third kappa shape index (κ3) is 4.30. The average molecular weight is 338 g/mol. The van der Waals surface area contributed by atoms with Gasteiger partial charge >= 0.3 is 0 Å². The summed E-state index contributed by atoms with van der Waals surface area (Å²) >= 11 is 6.10. The lowest BCUT2D eigenvalue weighted by atomic mass is 10.1. The molecule has 2 amide bonds. The van der Waals surface area contributed by atoms with Gasteiger partial charge in [-0.15, -0.1) is 0 Å². The molecular weight excluding hydrogens is 318 g/mol. The van der Waals surface area contributed by atoms with Crippen molar-refractivity contribution < 1.29 is 14.3 Å². The number of hydrogen-bond donors (Lipinski definition) is 1. The second kappa shape index (κ2) is 7.57. The Labute approximate surface area is 140 Å². The van der Waals surface area contributed by atoms with Gasteiger partial charge in [-0.2, -0.15) is 5.10 Å². The van der Waals surface area contributed by atoms with E-state index in [1.54, 1.807) is 19.2 Å². The summed E-state index contributed by atoms with van der Waals surface area (Å²) in [7, 11) is 1.57. The number of benzene rings is 1. The minimum Gasteiger partial charge on any atom is -0.383 e. The van der Waals surface area contributed by atoms with Crippen LogP contribution in [0.5, 0.6) is 0 Å². The number of carbonyl (C=O) groups is 2. The van der Waals surface area contributed by atoms with Crippen molar-refractivity contribution in [2.75, 3.05) is 18.7 Å². The summed E-state index contributed by atoms with van der Waals surface area (Å²) in [4.78, 5) is 24.3. The first-order chi connectivity index (χ1) is 10.9. The summed E-state index contributed by atoms with van der Waals surface area (Å²) in [5.74, 6) is -0.448. The van der Waals surface area contributed by atoms with Crippen molar-refractivity contribution in [2.45, 2.75) is 32.7 Å². The quantitative estimate of drug-likeness (QED) is 0.896. The molecular formula is C16H20ClN3O3. The monoisotopic (exact) mass is 337 g/mol. The molecule has 0 spiro atoms. The minimum absolute atomic E-state index is 0.130. The fourth-order valence-corrected chi connectivity index (χ4v) is 2.41. The lowest BCUT2D eigenvalue weighted by molar-refractivity contribution is -0.119. The molecule has 1 aromatic carbocycles. The number of hydrazone groups is 1. The molecule has 0 saturated heterocycles. The largest absolute Gasteiger partial charge is 0.383 e. The molecule has 1 N–H and O–H groups in total. The SMILES string of the molecule is COCC(C)NC(=O)C1=NN(c2ccc(C)c(Cl)c2)C(=O)CC1. The first-order valence-corrected chi connectivity index (χ1v) is 7.76. The molecule has 0 saturated carbocycles. The fraction of sp³-hybridized carbons (Fsp3) is 0.438. The highest BCUT2D eigenvalue weighted by Crippen LogP contribution is 2.26. The molecule has 1 unspecified atom stereocenters. The molecule has 1 heterocycles. The number of rotatable bonds is 5. The fourth-order valence-electron chi connectivity index (χ4n) is 2.23. The van der Waals surface area contributed by atoms with E-state index in [4.69, 9.17) is 16.3 Å². The predicted molar refractivity (Wildman–Crippen MR) is 89.8 cm³/mol. The van der Waals surface area contributed by atoms with Crippen LogP contribution in [0.1, 0.15) is 25.3 Å². The van der Waals surface area contributed by atoms with E-state index in [-0.39, 0.29) is 24.3 Å². The van der Waals surface area contributed by atoms with E-state index in [2.05, 4.69) is 10.4 Å². The topological polar surface area (TPSA) is 71.0 Å². The minimum atomic E-state index is -0.287. The maximum absolute atomic E-state index is 12.2. The van der Waals surface area contributed by atoms with Crippen LogP contribution in [0.4, 0.5) is 5.69 Å². The molecule has 1 aromatic rings. The van der Waals surface area contributed by atoms with Crippen molar-refractivity contribution in [1.82, 2.24) is 5.32 Å². The summed E-state index contributed by atoms with van der Waals surface area (Å²) in [6.45, 7) is 4.13. The molecule has 6 nitrogen and oxygen atoms in total. The van der Waals surface area contributed by atoms with Gasteiger partial charge in [0.25, 0.3) is 5.91 Å². The molecule has 0 aromatic heterocycles. The summed E-state index contributed by atoms with van der Waals surface area (Å²) in [5, 5.41) is 8.80. The summed E-state index contributed by atoms with van der Waals surface area (Å²) in [6, 6.07) is 5.12. The third-order valence-electron chi connectivity index (χ3n) is 3.49. The van der Waals surface area contributed by atoms with E-state index in [9.17, 15) is 9.59 Å². The zero-order valence-electron chi connectivity index (χ0n) is 13.4. The lowest BCUT2D eigenvalue weighted by Gasteiger charge is -2.24. The molecule has 1 atom stereocenters. The Hall–Kier alpha value is -1.92. The van der Waals surface area contributed by atoms with Crippen LogP contribution in [0.15, 0.2) is 23.3 Å². The van der Waals surface area contributed by atoms with Gasteiger partial charge in [-0.1, -0.05) is 17.7 Å². The number of amides is 2. The Morgan fingerprint density at radius 2 is 2.22 bits per heavy atom. The van der Waals surface area contributed by atoms with Gasteiger partial charge in [0, 0.05) is 31.0 Å². The average Bonchev–Trinajstić information content (AvgIpc) is 2.50. The van der Waals surface area contributed by atoms with Crippen LogP contribution in [-0.4, -0.2) is 37.3 Å². The van der Waals surface area contributed by atoms with Crippen molar-refractivity contribution in [3.8, 4) is 0 Å². The zero-order chi connectivity index (χ0) is 17.0. The number of halogens is 1. The van der Waals surface area contributed by atoms with Gasteiger partial charge < -0.3 is 10.1 Å². The van der Waals surface area contributed by atoms with Gasteiger partial charge in [-0.05, 0) is 31.5 Å². The van der Waals surface area contributed by atoms with Crippen molar-refractivity contribution in [2.24, 2.45) is 5.10 Å². The van der Waals surface area contributed by atoms with Gasteiger partial charge in [-0.25, -0.2) is 5.01 Å². The molecule has 7 heteroatoms. The van der Waals surface area contributed by atoms with Crippen molar-refractivity contribution in [1.29, 1.82) is 0 Å². The molecule has 23 heavy (non-hydrogen) atoms. The van der Waals surface area contributed by atoms with E-state index in [1.807, 2.05) is 19.9 Å². The molecule has 0 radical (unpaired) electrons. The third-order valence-corrected chi connectivity index (χ3v) is 3.90. The predicted octanol–water partition coefficient (Wildman–Crippen LogP) is 2.28. The summed E-state index contributed by atoms with van der Waals surface area (Å²) in [5.41, 5.74) is 1.79. The van der Waals surface area contributed by atoms with E-state index < -0.39 is 0 Å². The standard InChI is InChI=1S/C16H20ClN3O3/c1-10-4-5-12(8-13(10)17)20-15(21)7-6-14(19-20)16(22)18-11(2)9-23-3/h4-5,8,11H,6-7,9H2,1-3H3,(H,18,22). The normalized spacial score (nSPS) is 16.1. The van der Waals surface area contributed by atoms with E-state index >= 15 is 0 Å². The van der Waals surface area contributed by atoms with Crippen LogP contribution in [-0.2, 0) is 14.3 Å². The highest BCUT2D eigenvalue weighted by Gasteiger charge is 2.26. The first kappa shape index (κ1) is 17.4. The van der Waals surface area contributed by atoms with Crippen molar-refractivity contribution in [3.63, 3.8) is 0 Å². The smallest absolute Gasteiger partial charge is 0.267 e. The number of nitrogens with one attached hydrogen (secondary N) is 1. The van der Waals surface area contributed by atoms with Crippen LogP contribution < -0.4 is 10.3 Å². The second-order valence-electron chi connectivity index (χ2n) is 5.52. The number of aryl methyl sites for hydroxylation is 1. The van der Waals surface area contributed by atoms with Crippen LogP contribution in [0.3, 0.4) is 0 Å². The molecule has 0 fully saturated rings. The van der Waals surface area contributed by atoms with Crippen LogP contribution >= 0.6 is 11.6 Å². The Bertz CT molecular complexity index is 645. The second-order valence-corrected chi connectivity index (χ2v) is 5.92. The Morgan fingerprint density at radius 3 is 2.87 bits per heavy atom. The summed E-state index contributed by atoms with van der Waals surface area (Å²) < 4.78 is 4.99. The Kier molecular flexibility index (Phi) is 5.74. The number of methoxy groups -OCH3 is 1. The van der Waals surface area contributed by atoms with Crippen LogP contribution in [0.2, 0.25) is 5.02 Å². The van der Waals surface area contributed by atoms with E-state index in [0.717, 1.165) is 5.56 Å².